The number of amides is 1. The van der Waals surface area contributed by atoms with Crippen molar-refractivity contribution < 1.29 is 4.79 Å². The van der Waals surface area contributed by atoms with E-state index < -0.39 is 0 Å². The Morgan fingerprint density at radius 1 is 1.13 bits per heavy atom. The van der Waals surface area contributed by atoms with E-state index in [1.165, 1.54) is 68.3 Å². The van der Waals surface area contributed by atoms with Gasteiger partial charge in [-0.25, -0.2) is 4.99 Å². The average molecular weight is 413 g/mol. The molecule has 30 heavy (non-hydrogen) atoms. The lowest BCUT2D eigenvalue weighted by atomic mass is 9.80. The van der Waals surface area contributed by atoms with Crippen LogP contribution in [-0.4, -0.2) is 42.4 Å². The van der Waals surface area contributed by atoms with Crippen molar-refractivity contribution >= 4 is 12.4 Å². The molecule has 2 aliphatic rings. The van der Waals surface area contributed by atoms with Crippen molar-refractivity contribution in [2.75, 3.05) is 7.05 Å². The Bertz CT molecular complexity index is 656. The number of carbonyl (C=O) groups excluding carboxylic acids is 1. The van der Waals surface area contributed by atoms with Crippen LogP contribution in [0.5, 0.6) is 0 Å². The summed E-state index contributed by atoms with van der Waals surface area (Å²) < 4.78 is 0. The Labute approximate surface area is 182 Å². The van der Waals surface area contributed by atoms with Crippen LogP contribution >= 0.6 is 0 Å². The molecule has 3 atom stereocenters. The highest BCUT2D eigenvalue weighted by Crippen LogP contribution is 2.31. The van der Waals surface area contributed by atoms with Crippen molar-refractivity contribution in [3.63, 3.8) is 0 Å². The number of nitrogens with two attached hydrogens (primary N) is 1. The van der Waals surface area contributed by atoms with Crippen LogP contribution in [0.25, 0.3) is 0 Å². The zero-order chi connectivity index (χ0) is 21.2. The van der Waals surface area contributed by atoms with Crippen LogP contribution in [0.4, 0.5) is 0 Å². The number of hydrogen-bond donors (Lipinski definition) is 2. The number of aliphatic imine (C=N–C) groups is 1. The van der Waals surface area contributed by atoms with E-state index in [9.17, 15) is 4.79 Å². The molecule has 2 fully saturated rings. The van der Waals surface area contributed by atoms with Crippen LogP contribution in [0.2, 0.25) is 0 Å². The molecule has 1 aromatic rings. The highest BCUT2D eigenvalue weighted by Gasteiger charge is 2.27. The normalized spacial score (nSPS) is 24.4. The van der Waals surface area contributed by atoms with Crippen molar-refractivity contribution in [3.8, 4) is 0 Å². The maximum Gasteiger partial charge on any atom is 0.216 e. The van der Waals surface area contributed by atoms with Gasteiger partial charge in [0.05, 0.1) is 6.04 Å². The van der Waals surface area contributed by atoms with Crippen LogP contribution in [0, 0.1) is 5.92 Å². The molecular formula is C25H40N4O. The first-order valence-corrected chi connectivity index (χ1v) is 12.0. The zero-order valence-corrected chi connectivity index (χ0v) is 18.6. The van der Waals surface area contributed by atoms with Gasteiger partial charge in [-0.3, -0.25) is 9.69 Å². The fourth-order valence-electron chi connectivity index (χ4n) is 5.19. The van der Waals surface area contributed by atoms with Gasteiger partial charge < -0.3 is 11.1 Å². The summed E-state index contributed by atoms with van der Waals surface area (Å²) in [5, 5.41) is 3.97. The molecule has 0 bridgehead atoms. The number of nitrogens with one attached hydrogen (secondary N) is 1. The first kappa shape index (κ1) is 22.8. The van der Waals surface area contributed by atoms with E-state index in [2.05, 4.69) is 35.6 Å². The summed E-state index contributed by atoms with van der Waals surface area (Å²) in [6.45, 7) is 0. The fraction of sp³-hybridized carbons (Fsp3) is 0.680. The van der Waals surface area contributed by atoms with Crippen molar-refractivity contribution in [1.82, 2.24) is 10.2 Å². The molecule has 2 aliphatic carbocycles. The molecule has 3 N–H and O–H groups in total. The molecular weight excluding hydrogens is 372 g/mol. The third-order valence-electron chi connectivity index (χ3n) is 6.91. The Morgan fingerprint density at radius 3 is 2.60 bits per heavy atom. The third-order valence-corrected chi connectivity index (χ3v) is 6.91. The van der Waals surface area contributed by atoms with Gasteiger partial charge in [0.25, 0.3) is 0 Å². The molecule has 166 valence electrons. The Balaban J connectivity index is 1.58. The number of carbonyl (C=O) groups is 1. The molecule has 0 heterocycles. The first-order valence-electron chi connectivity index (χ1n) is 12.0. The van der Waals surface area contributed by atoms with Gasteiger partial charge in [0.15, 0.2) is 5.96 Å². The van der Waals surface area contributed by atoms with E-state index in [1.807, 2.05) is 0 Å². The second-order valence-electron chi connectivity index (χ2n) is 9.35. The van der Waals surface area contributed by atoms with E-state index in [-0.39, 0.29) is 6.04 Å². The number of hydrogen-bond acceptors (Lipinski definition) is 3. The number of benzene rings is 1. The number of nitrogens with zero attached hydrogens (tertiary/aromatic N) is 2. The standard InChI is InChI=1S/C25H40N4O/c1-29(19-30)25(26)28-24(16-15-20-9-4-2-5-10-20)18-21-11-8-14-23(17-21)27-22-12-6-3-7-13-22/h2,4-5,9-10,19,21-24,27H,3,6-8,11-18H2,1H3,(H2,26,28)/t21-,23-,24+/m0/s1. The van der Waals surface area contributed by atoms with Crippen molar-refractivity contribution in [3.05, 3.63) is 35.9 Å². The van der Waals surface area contributed by atoms with Gasteiger partial charge in [0.2, 0.25) is 6.41 Å². The van der Waals surface area contributed by atoms with E-state index in [0.29, 0.717) is 17.9 Å². The lowest BCUT2D eigenvalue weighted by Gasteiger charge is -2.35. The summed E-state index contributed by atoms with van der Waals surface area (Å²) in [5.41, 5.74) is 7.42. The van der Waals surface area contributed by atoms with Crippen LogP contribution in [0.15, 0.2) is 35.3 Å². The molecule has 0 radical (unpaired) electrons. The minimum atomic E-state index is 0.158. The molecule has 2 saturated carbocycles. The van der Waals surface area contributed by atoms with Gasteiger partial charge >= 0.3 is 0 Å². The second kappa shape index (κ2) is 12.1. The Hall–Kier alpha value is -1.88. The maximum atomic E-state index is 11.1. The van der Waals surface area contributed by atoms with Crippen LogP contribution in [0.1, 0.15) is 76.2 Å². The quantitative estimate of drug-likeness (QED) is 0.362. The largest absolute Gasteiger partial charge is 0.369 e. The lowest BCUT2D eigenvalue weighted by Crippen LogP contribution is -2.42. The number of aryl methyl sites for hydroxylation is 1. The summed E-state index contributed by atoms with van der Waals surface area (Å²) in [5.74, 6) is 1.01. The average Bonchev–Trinajstić information content (AvgIpc) is 2.78. The van der Waals surface area contributed by atoms with E-state index >= 15 is 0 Å². The van der Waals surface area contributed by atoms with Gasteiger partial charge in [0, 0.05) is 19.1 Å². The van der Waals surface area contributed by atoms with E-state index in [4.69, 9.17) is 10.7 Å². The van der Waals surface area contributed by atoms with Crippen molar-refractivity contribution in [2.45, 2.75) is 95.2 Å². The number of rotatable bonds is 9. The highest BCUT2D eigenvalue weighted by molar-refractivity contribution is 5.87. The third kappa shape index (κ3) is 7.42. The zero-order valence-electron chi connectivity index (χ0n) is 18.6. The predicted octanol–water partition coefficient (Wildman–Crippen LogP) is 4.26. The van der Waals surface area contributed by atoms with Gasteiger partial charge in [-0.05, 0) is 56.4 Å². The van der Waals surface area contributed by atoms with Gasteiger partial charge in [-0.2, -0.15) is 0 Å². The van der Waals surface area contributed by atoms with Crippen LogP contribution in [-0.2, 0) is 11.2 Å². The topological polar surface area (TPSA) is 70.7 Å². The Kier molecular flexibility index (Phi) is 9.19. The predicted molar refractivity (Wildman–Crippen MR) is 124 cm³/mol. The summed E-state index contributed by atoms with van der Waals surface area (Å²) in [4.78, 5) is 17.2. The summed E-state index contributed by atoms with van der Waals surface area (Å²) >= 11 is 0. The molecule has 0 unspecified atom stereocenters. The molecule has 3 rings (SSSR count). The minimum Gasteiger partial charge on any atom is -0.369 e. The summed E-state index contributed by atoms with van der Waals surface area (Å²) in [7, 11) is 1.67. The minimum absolute atomic E-state index is 0.158. The molecule has 5 heteroatoms. The molecule has 0 spiro atoms. The smallest absolute Gasteiger partial charge is 0.216 e. The summed E-state index contributed by atoms with van der Waals surface area (Å²) in [6.07, 6.45) is 15.7. The van der Waals surface area contributed by atoms with Crippen LogP contribution in [0.3, 0.4) is 0 Å². The van der Waals surface area contributed by atoms with Gasteiger partial charge in [0.1, 0.15) is 0 Å². The second-order valence-corrected chi connectivity index (χ2v) is 9.35. The fourth-order valence-corrected chi connectivity index (χ4v) is 5.19. The molecule has 0 aromatic heterocycles. The molecule has 0 aliphatic heterocycles. The molecule has 0 saturated heterocycles. The Morgan fingerprint density at radius 2 is 1.87 bits per heavy atom. The monoisotopic (exact) mass is 412 g/mol. The first-order chi connectivity index (χ1) is 14.6. The van der Waals surface area contributed by atoms with Crippen molar-refractivity contribution in [1.29, 1.82) is 0 Å². The van der Waals surface area contributed by atoms with E-state index in [0.717, 1.165) is 31.7 Å². The molecule has 5 nitrogen and oxygen atoms in total. The molecule has 1 aromatic carbocycles. The van der Waals surface area contributed by atoms with Crippen LogP contribution < -0.4 is 11.1 Å². The number of guanidine groups is 1. The summed E-state index contributed by atoms with van der Waals surface area (Å²) in [6, 6.07) is 12.1. The van der Waals surface area contributed by atoms with Gasteiger partial charge in [-0.15, -0.1) is 0 Å². The maximum absolute atomic E-state index is 11.1. The SMILES string of the molecule is CN(C=O)C(N)=N[C@H](CCc1ccccc1)C[C@H]1CCC[C@H](NC2CCCCC2)C1. The van der Waals surface area contributed by atoms with Gasteiger partial charge in [-0.1, -0.05) is 62.4 Å². The van der Waals surface area contributed by atoms with E-state index in [1.54, 1.807) is 7.05 Å². The lowest BCUT2D eigenvalue weighted by molar-refractivity contribution is -0.114. The molecule has 1 amide bonds. The highest BCUT2D eigenvalue weighted by atomic mass is 16.1. The van der Waals surface area contributed by atoms with Crippen molar-refractivity contribution in [2.24, 2.45) is 16.6 Å².